The first-order valence-corrected chi connectivity index (χ1v) is 14.8. The van der Waals surface area contributed by atoms with Crippen LogP contribution in [0.1, 0.15) is 32.6 Å². The molecule has 0 aliphatic heterocycles. The molecule has 0 saturated heterocycles. The smallest absolute Gasteiger partial charge is 0.193 e. The van der Waals surface area contributed by atoms with Gasteiger partial charge in [0.25, 0.3) is 0 Å². The van der Waals surface area contributed by atoms with Gasteiger partial charge in [0, 0.05) is 19.2 Å². The van der Waals surface area contributed by atoms with Crippen LogP contribution in [0.3, 0.4) is 0 Å². The van der Waals surface area contributed by atoms with E-state index in [1.807, 2.05) is 109 Å². The lowest BCUT2D eigenvalue weighted by Gasteiger charge is -2.17. The van der Waals surface area contributed by atoms with Gasteiger partial charge in [0.1, 0.15) is 42.6 Å². The zero-order valence-corrected chi connectivity index (χ0v) is 25.9. The fourth-order valence-electron chi connectivity index (χ4n) is 4.62. The lowest BCUT2D eigenvalue weighted by Crippen LogP contribution is -2.09. The molecule has 0 aliphatic rings. The van der Waals surface area contributed by atoms with E-state index in [4.69, 9.17) is 28.4 Å². The average molecular weight is 617 g/mol. The highest BCUT2D eigenvalue weighted by Crippen LogP contribution is 2.36. The van der Waals surface area contributed by atoms with E-state index in [1.165, 1.54) is 13.2 Å². The molecule has 5 aromatic rings. The van der Waals surface area contributed by atoms with Crippen molar-refractivity contribution in [3.05, 3.63) is 155 Å². The van der Waals surface area contributed by atoms with Crippen molar-refractivity contribution in [2.45, 2.75) is 19.8 Å². The molecule has 0 aliphatic carbocycles. The van der Waals surface area contributed by atoms with Crippen LogP contribution in [0.2, 0.25) is 0 Å². The van der Waals surface area contributed by atoms with Crippen molar-refractivity contribution >= 4 is 11.9 Å². The summed E-state index contributed by atoms with van der Waals surface area (Å²) in [4.78, 5) is 13.9. The molecule has 5 aromatic carbocycles. The summed E-state index contributed by atoms with van der Waals surface area (Å²) in [7, 11) is 3.11. The van der Waals surface area contributed by atoms with Gasteiger partial charge in [-0.1, -0.05) is 103 Å². The molecule has 0 N–H and O–H groups in total. The number of carbonyl (C=O) groups is 1. The molecule has 0 aromatic heterocycles. The SMILES string of the molecule is COCOc1cc(OCc2ccccc2)cc(OCc2ccccc2)c1C(=O)C=Cc1ccc(OC)c(OCc2ccccc2)c1. The van der Waals surface area contributed by atoms with Gasteiger partial charge in [0.2, 0.25) is 0 Å². The topological polar surface area (TPSA) is 72.5 Å². The molecule has 0 fully saturated rings. The Morgan fingerprint density at radius 3 is 1.63 bits per heavy atom. The van der Waals surface area contributed by atoms with Gasteiger partial charge >= 0.3 is 0 Å². The van der Waals surface area contributed by atoms with Crippen molar-refractivity contribution in [3.8, 4) is 28.7 Å². The van der Waals surface area contributed by atoms with Gasteiger partial charge < -0.3 is 28.4 Å². The number of carbonyl (C=O) groups excluding carboxylic acids is 1. The Hall–Kier alpha value is -5.53. The first-order chi connectivity index (χ1) is 22.6. The zero-order valence-electron chi connectivity index (χ0n) is 25.9. The van der Waals surface area contributed by atoms with E-state index in [-0.39, 0.29) is 30.5 Å². The van der Waals surface area contributed by atoms with Crippen molar-refractivity contribution in [3.63, 3.8) is 0 Å². The molecule has 5 rings (SSSR count). The fraction of sp³-hybridized carbons (Fsp3) is 0.154. The first kappa shape index (κ1) is 31.9. The van der Waals surface area contributed by atoms with Gasteiger partial charge in [-0.2, -0.15) is 0 Å². The second kappa shape index (κ2) is 16.5. The van der Waals surface area contributed by atoms with E-state index in [2.05, 4.69) is 0 Å². The van der Waals surface area contributed by atoms with Crippen molar-refractivity contribution in [1.82, 2.24) is 0 Å². The van der Waals surface area contributed by atoms with Crippen LogP contribution in [0.5, 0.6) is 28.7 Å². The molecule has 0 saturated carbocycles. The molecule has 0 bridgehead atoms. The van der Waals surface area contributed by atoms with E-state index in [9.17, 15) is 4.79 Å². The first-order valence-electron chi connectivity index (χ1n) is 14.8. The van der Waals surface area contributed by atoms with E-state index in [0.29, 0.717) is 36.2 Å². The van der Waals surface area contributed by atoms with Crippen molar-refractivity contribution in [2.24, 2.45) is 0 Å². The highest BCUT2D eigenvalue weighted by atomic mass is 16.7. The summed E-state index contributed by atoms with van der Waals surface area (Å²) in [6, 6.07) is 38.3. The Bertz CT molecular complexity index is 1720. The summed E-state index contributed by atoms with van der Waals surface area (Å²) in [5.41, 5.74) is 4.00. The van der Waals surface area contributed by atoms with Gasteiger partial charge in [0.05, 0.1) is 7.11 Å². The van der Waals surface area contributed by atoms with Crippen LogP contribution < -0.4 is 23.7 Å². The Labute approximate surface area is 269 Å². The number of benzene rings is 5. The lowest BCUT2D eigenvalue weighted by molar-refractivity contribution is 0.0499. The molecule has 0 spiro atoms. The Morgan fingerprint density at radius 2 is 1.09 bits per heavy atom. The lowest BCUT2D eigenvalue weighted by atomic mass is 10.1. The standard InChI is InChI=1S/C39H36O7/c1-41-28-46-38-24-33(43-25-30-12-6-3-7-13-30)23-37(45-27-32-16-10-5-11-17-32)39(38)34(40)20-18-29-19-21-35(42-2)36(22-29)44-26-31-14-8-4-9-15-31/h3-24H,25-28H2,1-2H3. The Morgan fingerprint density at radius 1 is 0.565 bits per heavy atom. The van der Waals surface area contributed by atoms with Gasteiger partial charge in [0.15, 0.2) is 24.1 Å². The summed E-state index contributed by atoms with van der Waals surface area (Å²) in [6.07, 6.45) is 3.20. The van der Waals surface area contributed by atoms with E-state index in [1.54, 1.807) is 25.3 Å². The van der Waals surface area contributed by atoms with Gasteiger partial charge in [-0.25, -0.2) is 0 Å². The summed E-state index contributed by atoms with van der Waals surface area (Å²) >= 11 is 0. The third-order valence-corrected chi connectivity index (χ3v) is 6.96. The van der Waals surface area contributed by atoms with Gasteiger partial charge in [-0.15, -0.1) is 0 Å². The molecule has 0 unspecified atom stereocenters. The molecular weight excluding hydrogens is 580 g/mol. The summed E-state index contributed by atoms with van der Waals surface area (Å²) in [5.74, 6) is 1.96. The van der Waals surface area contributed by atoms with Crippen LogP contribution in [-0.4, -0.2) is 26.8 Å². The third-order valence-electron chi connectivity index (χ3n) is 6.96. The van der Waals surface area contributed by atoms with Crippen molar-refractivity contribution in [2.75, 3.05) is 21.0 Å². The molecule has 7 heteroatoms. The predicted molar refractivity (Wildman–Crippen MR) is 178 cm³/mol. The number of hydrogen-bond acceptors (Lipinski definition) is 7. The minimum absolute atomic E-state index is 0.0646. The molecule has 46 heavy (non-hydrogen) atoms. The maximum absolute atomic E-state index is 13.9. The quantitative estimate of drug-likeness (QED) is 0.0627. The minimum atomic E-state index is -0.314. The third kappa shape index (κ3) is 9.00. The Balaban J connectivity index is 1.43. The largest absolute Gasteiger partial charge is 0.493 e. The molecular formula is C39H36O7. The number of ketones is 1. The van der Waals surface area contributed by atoms with E-state index in [0.717, 1.165) is 22.3 Å². The van der Waals surface area contributed by atoms with E-state index >= 15 is 0 Å². The zero-order chi connectivity index (χ0) is 32.0. The normalized spacial score (nSPS) is 10.8. The minimum Gasteiger partial charge on any atom is -0.493 e. The van der Waals surface area contributed by atoms with Crippen molar-refractivity contribution < 1.29 is 33.2 Å². The van der Waals surface area contributed by atoms with Crippen LogP contribution in [0.4, 0.5) is 0 Å². The van der Waals surface area contributed by atoms with Crippen molar-refractivity contribution in [1.29, 1.82) is 0 Å². The van der Waals surface area contributed by atoms with Crippen LogP contribution in [0.15, 0.2) is 127 Å². The van der Waals surface area contributed by atoms with Crippen LogP contribution in [-0.2, 0) is 24.6 Å². The maximum atomic E-state index is 13.9. The van der Waals surface area contributed by atoms with Crippen LogP contribution >= 0.6 is 0 Å². The highest BCUT2D eigenvalue weighted by molar-refractivity contribution is 6.10. The fourth-order valence-corrected chi connectivity index (χ4v) is 4.62. The predicted octanol–water partition coefficient (Wildman–Crippen LogP) is 8.31. The molecule has 7 nitrogen and oxygen atoms in total. The van der Waals surface area contributed by atoms with Crippen LogP contribution in [0.25, 0.3) is 6.08 Å². The molecule has 0 amide bonds. The number of allylic oxidation sites excluding steroid dienone is 1. The molecule has 0 atom stereocenters. The van der Waals surface area contributed by atoms with Gasteiger partial charge in [-0.3, -0.25) is 4.79 Å². The summed E-state index contributed by atoms with van der Waals surface area (Å²) in [5, 5.41) is 0. The molecule has 234 valence electrons. The summed E-state index contributed by atoms with van der Waals surface area (Å²) in [6.45, 7) is 0.897. The summed E-state index contributed by atoms with van der Waals surface area (Å²) < 4.78 is 35.0. The maximum Gasteiger partial charge on any atom is 0.193 e. The number of rotatable bonds is 16. The average Bonchev–Trinajstić information content (AvgIpc) is 3.11. The van der Waals surface area contributed by atoms with Gasteiger partial charge in [-0.05, 0) is 40.5 Å². The van der Waals surface area contributed by atoms with Crippen LogP contribution in [0, 0.1) is 0 Å². The Kier molecular flexibility index (Phi) is 11.4. The highest BCUT2D eigenvalue weighted by Gasteiger charge is 2.21. The number of ether oxygens (including phenoxy) is 6. The van der Waals surface area contributed by atoms with E-state index < -0.39 is 0 Å². The second-order valence-electron chi connectivity index (χ2n) is 10.3. The monoisotopic (exact) mass is 616 g/mol. The number of methoxy groups -OCH3 is 2. The molecule has 0 heterocycles. The molecule has 0 radical (unpaired) electrons. The number of hydrogen-bond donors (Lipinski definition) is 0. The second-order valence-corrected chi connectivity index (χ2v) is 10.3.